The number of hydrogen-bond acceptors (Lipinski definition) is 4. The Hall–Kier alpha value is -1.40. The first kappa shape index (κ1) is 13.0. The third-order valence-corrected chi connectivity index (χ3v) is 4.87. The van der Waals surface area contributed by atoms with E-state index >= 15 is 0 Å². The van der Waals surface area contributed by atoms with Gasteiger partial charge in [0, 0.05) is 0 Å². The lowest BCUT2D eigenvalue weighted by Crippen LogP contribution is -2.32. The fourth-order valence-electron chi connectivity index (χ4n) is 1.62. The van der Waals surface area contributed by atoms with Crippen LogP contribution in [0.15, 0.2) is 41.8 Å². The summed E-state index contributed by atoms with van der Waals surface area (Å²) < 4.78 is 31.0. The maximum absolute atomic E-state index is 12.3. The number of rotatable bonds is 3. The summed E-state index contributed by atoms with van der Waals surface area (Å²) in [6.45, 7) is 5.65. The molecule has 1 heterocycles. The predicted octanol–water partition coefficient (Wildman–Crippen LogP) is 1.86. The molecule has 1 aromatic carbocycles. The molecule has 6 heteroatoms. The van der Waals surface area contributed by atoms with Crippen LogP contribution in [0.1, 0.15) is 5.56 Å². The molecule has 2 rings (SSSR count). The van der Waals surface area contributed by atoms with Gasteiger partial charge in [-0.3, -0.25) is 0 Å². The highest BCUT2D eigenvalue weighted by atomic mass is 32.2. The molecule has 0 amide bonds. The first-order chi connectivity index (χ1) is 8.45. The molecule has 0 bridgehead atoms. The average molecular weight is 283 g/mol. The lowest BCUT2D eigenvalue weighted by Gasteiger charge is -2.15. The van der Waals surface area contributed by atoms with E-state index in [1.54, 1.807) is 24.3 Å². The topological polar surface area (TPSA) is 46.6 Å². The van der Waals surface area contributed by atoms with Crippen LogP contribution in [0.5, 0.6) is 0 Å². The number of nitrogens with zero attached hydrogens (tertiary/aromatic N) is 1. The Labute approximate surface area is 112 Å². The maximum Gasteiger partial charge on any atom is 0.274 e. The van der Waals surface area contributed by atoms with Gasteiger partial charge in [-0.2, -0.15) is 0 Å². The summed E-state index contributed by atoms with van der Waals surface area (Å²) >= 11 is 4.93. The van der Waals surface area contributed by atoms with Crippen molar-refractivity contribution in [2.24, 2.45) is 0 Å². The quantitative estimate of drug-likeness (QED) is 0.627. The lowest BCUT2D eigenvalue weighted by molar-refractivity contribution is 0.287. The van der Waals surface area contributed by atoms with Gasteiger partial charge in [-0.15, -0.1) is 0 Å². The van der Waals surface area contributed by atoms with Crippen molar-refractivity contribution in [2.45, 2.75) is 17.9 Å². The number of benzene rings is 1. The third kappa shape index (κ3) is 2.26. The van der Waals surface area contributed by atoms with Crippen LogP contribution in [-0.2, 0) is 14.8 Å². The van der Waals surface area contributed by atoms with Crippen molar-refractivity contribution in [1.82, 2.24) is 4.31 Å². The minimum atomic E-state index is -3.63. The molecule has 1 fully saturated rings. The predicted molar refractivity (Wildman–Crippen MR) is 72.7 cm³/mol. The Bertz CT molecular complexity index is 578. The summed E-state index contributed by atoms with van der Waals surface area (Å²) in [7, 11) is -3.63. The van der Waals surface area contributed by atoms with E-state index in [2.05, 4.69) is 6.58 Å². The minimum Gasteiger partial charge on any atom is -0.461 e. The largest absolute Gasteiger partial charge is 0.461 e. The fourth-order valence-corrected chi connectivity index (χ4v) is 3.43. The van der Waals surface area contributed by atoms with Crippen molar-refractivity contribution in [3.05, 3.63) is 42.5 Å². The van der Waals surface area contributed by atoms with E-state index in [-0.39, 0.29) is 22.7 Å². The molecule has 1 aliphatic heterocycles. The van der Waals surface area contributed by atoms with Crippen molar-refractivity contribution >= 4 is 27.4 Å². The van der Waals surface area contributed by atoms with Gasteiger partial charge in [-0.25, -0.2) is 12.7 Å². The molecule has 1 aromatic rings. The van der Waals surface area contributed by atoms with Gasteiger partial charge in [0.1, 0.15) is 6.10 Å². The van der Waals surface area contributed by atoms with Crippen LogP contribution in [-0.4, -0.2) is 30.5 Å². The zero-order valence-electron chi connectivity index (χ0n) is 9.87. The molecular weight excluding hydrogens is 270 g/mol. The minimum absolute atomic E-state index is 0.0273. The number of aryl methyl sites for hydroxylation is 1. The van der Waals surface area contributed by atoms with Gasteiger partial charge in [-0.1, -0.05) is 24.3 Å². The summed E-state index contributed by atoms with van der Waals surface area (Å²) in [4.78, 5) is 0.212. The zero-order chi connectivity index (χ0) is 13.3. The van der Waals surface area contributed by atoms with Crippen LogP contribution >= 0.6 is 12.2 Å². The SMILES string of the molecule is C=CC1CN(S(=O)(=O)c2ccc(C)cc2)C(=S)O1. The summed E-state index contributed by atoms with van der Waals surface area (Å²) in [5.74, 6) is 0. The van der Waals surface area contributed by atoms with Crippen LogP contribution in [0.4, 0.5) is 0 Å². The second-order valence-corrected chi connectivity index (χ2v) is 6.22. The van der Waals surface area contributed by atoms with Gasteiger partial charge in [-0.05, 0) is 37.4 Å². The van der Waals surface area contributed by atoms with Gasteiger partial charge in [0.05, 0.1) is 11.4 Å². The van der Waals surface area contributed by atoms with Gasteiger partial charge < -0.3 is 4.74 Å². The van der Waals surface area contributed by atoms with E-state index < -0.39 is 10.0 Å². The molecule has 1 saturated heterocycles. The van der Waals surface area contributed by atoms with Crippen molar-refractivity contribution < 1.29 is 13.2 Å². The molecule has 96 valence electrons. The Morgan fingerprint density at radius 2 is 2.06 bits per heavy atom. The number of ether oxygens (including phenoxy) is 1. The van der Waals surface area contributed by atoms with Crippen LogP contribution < -0.4 is 0 Å². The van der Waals surface area contributed by atoms with Gasteiger partial charge in [0.15, 0.2) is 0 Å². The second-order valence-electron chi connectivity index (χ2n) is 4.01. The smallest absolute Gasteiger partial charge is 0.274 e. The summed E-state index contributed by atoms with van der Waals surface area (Å²) in [6, 6.07) is 6.62. The monoisotopic (exact) mass is 283 g/mol. The molecular formula is C12H13NO3S2. The molecule has 0 aliphatic carbocycles. The molecule has 1 atom stereocenters. The van der Waals surface area contributed by atoms with E-state index in [4.69, 9.17) is 17.0 Å². The number of thiocarbonyl (C=S) groups is 1. The lowest BCUT2D eigenvalue weighted by atomic mass is 10.2. The van der Waals surface area contributed by atoms with E-state index in [1.807, 2.05) is 6.92 Å². The molecule has 4 nitrogen and oxygen atoms in total. The number of hydrogen-bond donors (Lipinski definition) is 0. The Kier molecular flexibility index (Phi) is 3.41. The van der Waals surface area contributed by atoms with Crippen molar-refractivity contribution in [2.75, 3.05) is 6.54 Å². The molecule has 0 spiro atoms. The standard InChI is InChI=1S/C12H13NO3S2/c1-3-10-8-13(12(17)16-10)18(14,15)11-6-4-9(2)5-7-11/h3-7,10H,1,8H2,2H3. The molecule has 1 unspecified atom stereocenters. The molecule has 0 N–H and O–H groups in total. The zero-order valence-corrected chi connectivity index (χ0v) is 11.5. The Balaban J connectivity index is 2.35. The van der Waals surface area contributed by atoms with Crippen LogP contribution in [0.3, 0.4) is 0 Å². The van der Waals surface area contributed by atoms with Crippen LogP contribution in [0.2, 0.25) is 0 Å². The van der Waals surface area contributed by atoms with Crippen LogP contribution in [0.25, 0.3) is 0 Å². The van der Waals surface area contributed by atoms with Gasteiger partial charge in [0.25, 0.3) is 15.2 Å². The van der Waals surface area contributed by atoms with E-state index in [1.165, 1.54) is 6.08 Å². The first-order valence-corrected chi connectivity index (χ1v) is 7.22. The van der Waals surface area contributed by atoms with Crippen molar-refractivity contribution in [3.8, 4) is 0 Å². The highest BCUT2D eigenvalue weighted by Crippen LogP contribution is 2.22. The molecule has 0 aromatic heterocycles. The average Bonchev–Trinajstić information content (AvgIpc) is 2.72. The third-order valence-electron chi connectivity index (χ3n) is 2.67. The molecule has 0 radical (unpaired) electrons. The van der Waals surface area contributed by atoms with E-state index in [0.717, 1.165) is 9.87 Å². The highest BCUT2D eigenvalue weighted by molar-refractivity contribution is 7.91. The number of sulfonamides is 1. The summed E-state index contributed by atoms with van der Waals surface area (Å²) in [6.07, 6.45) is 1.16. The Morgan fingerprint density at radius 1 is 1.44 bits per heavy atom. The first-order valence-electron chi connectivity index (χ1n) is 5.38. The normalized spacial score (nSPS) is 19.7. The summed E-state index contributed by atoms with van der Waals surface area (Å²) in [5.41, 5.74) is 0.998. The molecule has 18 heavy (non-hydrogen) atoms. The van der Waals surface area contributed by atoms with Crippen molar-refractivity contribution in [3.63, 3.8) is 0 Å². The van der Waals surface area contributed by atoms with E-state index in [9.17, 15) is 8.42 Å². The van der Waals surface area contributed by atoms with Crippen LogP contribution in [0, 0.1) is 6.92 Å². The van der Waals surface area contributed by atoms with E-state index in [0.29, 0.717) is 0 Å². The van der Waals surface area contributed by atoms with Crippen molar-refractivity contribution in [1.29, 1.82) is 0 Å². The van der Waals surface area contributed by atoms with Gasteiger partial charge >= 0.3 is 0 Å². The maximum atomic E-state index is 12.3. The second kappa shape index (κ2) is 4.70. The highest BCUT2D eigenvalue weighted by Gasteiger charge is 2.36. The molecule has 1 aliphatic rings. The molecule has 0 saturated carbocycles. The fraction of sp³-hybridized carbons (Fsp3) is 0.250. The van der Waals surface area contributed by atoms with Gasteiger partial charge in [0.2, 0.25) is 0 Å². The Morgan fingerprint density at radius 3 is 2.56 bits per heavy atom. The summed E-state index contributed by atoms with van der Waals surface area (Å²) in [5, 5.41) is -0.0273.